The second-order valence-corrected chi connectivity index (χ2v) is 4.85. The number of nitrogens with zero attached hydrogens (tertiary/aromatic N) is 2. The molecule has 2 amide bonds. The van der Waals surface area contributed by atoms with Gasteiger partial charge in [-0.05, 0) is 6.92 Å². The molecule has 2 rings (SSSR count). The van der Waals surface area contributed by atoms with Crippen molar-refractivity contribution in [2.75, 3.05) is 11.4 Å². The van der Waals surface area contributed by atoms with Gasteiger partial charge >= 0.3 is 0 Å². The third-order valence-electron chi connectivity index (χ3n) is 2.37. The highest BCUT2D eigenvalue weighted by Gasteiger charge is 2.32. The maximum Gasteiger partial charge on any atom is 0.249 e. The van der Waals surface area contributed by atoms with Gasteiger partial charge in [0.2, 0.25) is 11.8 Å². The first-order valence-electron chi connectivity index (χ1n) is 4.74. The van der Waals surface area contributed by atoms with E-state index in [2.05, 4.69) is 10.3 Å². The van der Waals surface area contributed by atoms with Crippen LogP contribution in [0.15, 0.2) is 0 Å². The minimum Gasteiger partial charge on any atom is -0.327 e. The van der Waals surface area contributed by atoms with Gasteiger partial charge in [0.25, 0.3) is 0 Å². The molecule has 0 bridgehead atoms. The van der Waals surface area contributed by atoms with Gasteiger partial charge in [-0.25, -0.2) is 4.98 Å². The molecular formula is C9H8ClN3O3S. The van der Waals surface area contributed by atoms with Gasteiger partial charge < -0.3 is 4.90 Å². The van der Waals surface area contributed by atoms with Crippen molar-refractivity contribution in [3.05, 3.63) is 10.0 Å². The smallest absolute Gasteiger partial charge is 0.249 e. The lowest BCUT2D eigenvalue weighted by Gasteiger charge is -2.31. The molecule has 1 saturated heterocycles. The molecule has 0 saturated carbocycles. The van der Waals surface area contributed by atoms with Crippen molar-refractivity contribution in [3.63, 3.8) is 0 Å². The molecule has 90 valence electrons. The second kappa shape index (κ2) is 4.42. The van der Waals surface area contributed by atoms with E-state index < -0.39 is 11.9 Å². The maximum absolute atomic E-state index is 11.5. The Bertz CT molecular complexity index is 502. The average molecular weight is 274 g/mol. The highest BCUT2D eigenvalue weighted by molar-refractivity contribution is 7.17. The van der Waals surface area contributed by atoms with Crippen LogP contribution in [0.25, 0.3) is 0 Å². The molecule has 0 aromatic carbocycles. The summed E-state index contributed by atoms with van der Waals surface area (Å²) in [7, 11) is 0. The number of rotatable bonds is 2. The van der Waals surface area contributed by atoms with Gasteiger partial charge in [0.1, 0.15) is 17.5 Å². The van der Waals surface area contributed by atoms with Crippen LogP contribution < -0.4 is 10.2 Å². The number of nitrogens with one attached hydrogen (secondary N) is 1. The maximum atomic E-state index is 11.5. The molecule has 1 unspecified atom stereocenters. The number of imide groups is 1. The zero-order chi connectivity index (χ0) is 12.6. The Morgan fingerprint density at radius 1 is 1.59 bits per heavy atom. The van der Waals surface area contributed by atoms with E-state index in [9.17, 15) is 14.4 Å². The second-order valence-electron chi connectivity index (χ2n) is 3.49. The molecule has 1 aromatic heterocycles. The molecule has 0 radical (unpaired) electrons. The minimum atomic E-state index is -0.519. The highest BCUT2D eigenvalue weighted by Crippen LogP contribution is 2.30. The summed E-state index contributed by atoms with van der Waals surface area (Å²) in [6, 6.07) is -0.519. The topological polar surface area (TPSA) is 79.4 Å². The summed E-state index contributed by atoms with van der Waals surface area (Å²) in [5.74, 6) is -0.785. The first-order valence-corrected chi connectivity index (χ1v) is 5.94. The summed E-state index contributed by atoms with van der Waals surface area (Å²) >= 11 is 6.80. The number of aromatic nitrogens is 1. The van der Waals surface area contributed by atoms with Gasteiger partial charge in [-0.1, -0.05) is 22.9 Å². The Morgan fingerprint density at radius 2 is 2.29 bits per heavy atom. The van der Waals surface area contributed by atoms with Crippen molar-refractivity contribution in [3.8, 4) is 0 Å². The molecule has 2 heterocycles. The van der Waals surface area contributed by atoms with E-state index in [4.69, 9.17) is 11.6 Å². The molecule has 1 aliphatic heterocycles. The molecule has 8 heteroatoms. The number of piperazine rings is 1. The van der Waals surface area contributed by atoms with Crippen LogP contribution in [0.2, 0.25) is 5.15 Å². The van der Waals surface area contributed by atoms with Crippen LogP contribution >= 0.6 is 22.9 Å². The minimum absolute atomic E-state index is 0.0229. The Morgan fingerprint density at radius 3 is 2.88 bits per heavy atom. The number of hydrogen-bond donors (Lipinski definition) is 1. The summed E-state index contributed by atoms with van der Waals surface area (Å²) in [6.07, 6.45) is 0.597. The number of aldehydes is 1. The molecule has 17 heavy (non-hydrogen) atoms. The molecule has 1 fully saturated rings. The number of thiazole rings is 1. The Labute approximate surface area is 106 Å². The summed E-state index contributed by atoms with van der Waals surface area (Å²) in [6.45, 7) is 1.67. The number of amides is 2. The first kappa shape index (κ1) is 12.0. The van der Waals surface area contributed by atoms with Gasteiger partial charge in [-0.15, -0.1) is 0 Å². The fourth-order valence-electron chi connectivity index (χ4n) is 1.45. The van der Waals surface area contributed by atoms with Crippen LogP contribution in [0, 0.1) is 0 Å². The van der Waals surface area contributed by atoms with Crippen LogP contribution in [-0.2, 0) is 9.59 Å². The lowest BCUT2D eigenvalue weighted by molar-refractivity contribution is -0.132. The number of anilines is 1. The Kier molecular flexibility index (Phi) is 3.12. The van der Waals surface area contributed by atoms with E-state index in [-0.39, 0.29) is 22.5 Å². The third kappa shape index (κ3) is 2.16. The Hall–Kier alpha value is -1.47. The van der Waals surface area contributed by atoms with Crippen LogP contribution in [-0.4, -0.2) is 35.7 Å². The van der Waals surface area contributed by atoms with Crippen LogP contribution in [0.4, 0.5) is 5.13 Å². The zero-order valence-corrected chi connectivity index (χ0v) is 10.3. The first-order chi connectivity index (χ1) is 8.02. The molecule has 1 aromatic rings. The van der Waals surface area contributed by atoms with Crippen LogP contribution in [0.5, 0.6) is 0 Å². The van der Waals surface area contributed by atoms with Gasteiger partial charge in [0, 0.05) is 0 Å². The predicted molar refractivity (Wildman–Crippen MR) is 62.5 cm³/mol. The van der Waals surface area contributed by atoms with Crippen molar-refractivity contribution in [2.45, 2.75) is 13.0 Å². The molecule has 6 nitrogen and oxygen atoms in total. The lowest BCUT2D eigenvalue weighted by atomic mass is 10.2. The molecule has 1 aliphatic rings. The fraction of sp³-hybridized carbons (Fsp3) is 0.333. The van der Waals surface area contributed by atoms with Crippen LogP contribution in [0.3, 0.4) is 0 Å². The van der Waals surface area contributed by atoms with E-state index >= 15 is 0 Å². The van der Waals surface area contributed by atoms with E-state index in [1.807, 2.05) is 0 Å². The van der Waals surface area contributed by atoms with Crippen molar-refractivity contribution in [1.82, 2.24) is 10.3 Å². The van der Waals surface area contributed by atoms with Crippen molar-refractivity contribution >= 4 is 46.2 Å². The summed E-state index contributed by atoms with van der Waals surface area (Å²) < 4.78 is 0. The third-order valence-corrected chi connectivity index (χ3v) is 3.79. The number of hydrogen-bond acceptors (Lipinski definition) is 6. The van der Waals surface area contributed by atoms with Gasteiger partial charge in [0.15, 0.2) is 16.6 Å². The highest BCUT2D eigenvalue weighted by atomic mass is 35.5. The summed E-state index contributed by atoms with van der Waals surface area (Å²) in [5, 5.41) is 2.70. The lowest BCUT2D eigenvalue weighted by Crippen LogP contribution is -2.57. The van der Waals surface area contributed by atoms with Crippen molar-refractivity contribution in [2.24, 2.45) is 0 Å². The SMILES string of the molecule is CC1C(=O)NC(=O)CN1c1nc(Cl)c(C=O)s1. The largest absolute Gasteiger partial charge is 0.327 e. The monoisotopic (exact) mass is 273 g/mol. The molecule has 1 atom stereocenters. The van der Waals surface area contributed by atoms with Gasteiger partial charge in [0.05, 0.1) is 0 Å². The van der Waals surface area contributed by atoms with Crippen LogP contribution in [0.1, 0.15) is 16.6 Å². The zero-order valence-electron chi connectivity index (χ0n) is 8.77. The Balaban J connectivity index is 2.34. The van der Waals surface area contributed by atoms with E-state index in [1.54, 1.807) is 6.92 Å². The molecule has 1 N–H and O–H groups in total. The number of carbonyl (C=O) groups is 3. The van der Waals surface area contributed by atoms with Crippen molar-refractivity contribution < 1.29 is 14.4 Å². The molecule has 0 aliphatic carbocycles. The fourth-order valence-corrected chi connectivity index (χ4v) is 2.59. The number of carbonyl (C=O) groups excluding carboxylic acids is 3. The summed E-state index contributed by atoms with van der Waals surface area (Å²) in [4.78, 5) is 39.1. The normalized spacial score (nSPS) is 20.4. The van der Waals surface area contributed by atoms with E-state index in [0.29, 0.717) is 11.4 Å². The molecule has 0 spiro atoms. The van der Waals surface area contributed by atoms with E-state index in [0.717, 1.165) is 11.3 Å². The quantitative estimate of drug-likeness (QED) is 0.626. The van der Waals surface area contributed by atoms with Crippen molar-refractivity contribution in [1.29, 1.82) is 0 Å². The predicted octanol–water partition coefficient (Wildman–Crippen LogP) is 0.460. The number of halogens is 1. The van der Waals surface area contributed by atoms with E-state index in [1.165, 1.54) is 4.90 Å². The molecular weight excluding hydrogens is 266 g/mol. The average Bonchev–Trinajstić information content (AvgIpc) is 2.64. The standard InChI is InChI=1S/C9H8ClN3O3S/c1-4-8(16)11-6(15)2-13(4)9-12-7(10)5(3-14)17-9/h3-4H,2H2,1H3,(H,11,15,16). The van der Waals surface area contributed by atoms with Gasteiger partial charge in [-0.3, -0.25) is 19.7 Å². The summed E-state index contributed by atoms with van der Waals surface area (Å²) in [5.41, 5.74) is 0. The van der Waals surface area contributed by atoms with Gasteiger partial charge in [-0.2, -0.15) is 0 Å².